The molecule has 2 aromatic rings. The van der Waals surface area contributed by atoms with Gasteiger partial charge in [-0.05, 0) is 32.0 Å². The van der Waals surface area contributed by atoms with Gasteiger partial charge in [-0.2, -0.15) is 5.10 Å². The zero-order valence-electron chi connectivity index (χ0n) is 12.2. The van der Waals surface area contributed by atoms with E-state index in [9.17, 15) is 0 Å². The summed E-state index contributed by atoms with van der Waals surface area (Å²) in [4.78, 5) is 2.36. The number of likely N-dealkylation sites (tertiary alicyclic amines) is 1. The predicted octanol–water partition coefficient (Wildman–Crippen LogP) is 3.21. The van der Waals surface area contributed by atoms with Gasteiger partial charge in [-0.1, -0.05) is 41.9 Å². The van der Waals surface area contributed by atoms with E-state index in [0.29, 0.717) is 23.6 Å². The Morgan fingerprint density at radius 2 is 2.14 bits per heavy atom. The Kier molecular flexibility index (Phi) is 4.46. The van der Waals surface area contributed by atoms with E-state index in [2.05, 4.69) is 17.0 Å². The molecule has 5 heteroatoms. The molecule has 1 unspecified atom stereocenters. The summed E-state index contributed by atoms with van der Waals surface area (Å²) in [6.07, 6.45) is 4.16. The fraction of sp³-hybridized carbons (Fsp3) is 0.438. The zero-order chi connectivity index (χ0) is 14.7. The van der Waals surface area contributed by atoms with Crippen LogP contribution in [0, 0.1) is 0 Å². The van der Waals surface area contributed by atoms with Crippen molar-refractivity contribution in [1.29, 1.82) is 0 Å². The van der Waals surface area contributed by atoms with Crippen molar-refractivity contribution >= 4 is 11.6 Å². The Morgan fingerprint density at radius 3 is 2.86 bits per heavy atom. The first kappa shape index (κ1) is 14.4. The molecular weight excluding hydrogens is 286 g/mol. The lowest BCUT2D eigenvalue weighted by atomic mass is 10.2. The van der Waals surface area contributed by atoms with Crippen LogP contribution in [0.4, 0.5) is 0 Å². The van der Waals surface area contributed by atoms with E-state index in [1.807, 2.05) is 35.0 Å². The highest BCUT2D eigenvalue weighted by molar-refractivity contribution is 6.31. The smallest absolute Gasteiger partial charge is 0.176 e. The first-order valence-electron chi connectivity index (χ1n) is 7.32. The van der Waals surface area contributed by atoms with Gasteiger partial charge in [0.1, 0.15) is 6.61 Å². The second-order valence-electron chi connectivity index (χ2n) is 5.53. The molecule has 0 N–H and O–H groups in total. The average molecular weight is 306 g/mol. The molecule has 1 fully saturated rings. The van der Waals surface area contributed by atoms with E-state index in [-0.39, 0.29) is 0 Å². The molecule has 0 saturated carbocycles. The molecular formula is C16H20ClN3O. The minimum atomic E-state index is 0.510. The highest BCUT2D eigenvalue weighted by Gasteiger charge is 2.23. The fourth-order valence-electron chi connectivity index (χ4n) is 2.72. The second-order valence-corrected chi connectivity index (χ2v) is 5.89. The van der Waals surface area contributed by atoms with Crippen molar-refractivity contribution in [2.45, 2.75) is 32.0 Å². The fourth-order valence-corrected chi connectivity index (χ4v) is 2.94. The summed E-state index contributed by atoms with van der Waals surface area (Å²) in [5, 5.41) is 4.95. The number of halogens is 1. The van der Waals surface area contributed by atoms with Crippen LogP contribution in [0.1, 0.15) is 18.4 Å². The predicted molar refractivity (Wildman–Crippen MR) is 83.7 cm³/mol. The van der Waals surface area contributed by atoms with Gasteiger partial charge in [-0.3, -0.25) is 0 Å². The average Bonchev–Trinajstić information content (AvgIpc) is 3.06. The third kappa shape index (κ3) is 3.39. The third-order valence-electron chi connectivity index (χ3n) is 4.04. The van der Waals surface area contributed by atoms with Gasteiger partial charge in [-0.25, -0.2) is 4.68 Å². The summed E-state index contributed by atoms with van der Waals surface area (Å²) >= 11 is 6.37. The highest BCUT2D eigenvalue weighted by atomic mass is 35.5. The van der Waals surface area contributed by atoms with Crippen molar-refractivity contribution in [1.82, 2.24) is 14.7 Å². The first-order valence-corrected chi connectivity index (χ1v) is 7.70. The summed E-state index contributed by atoms with van der Waals surface area (Å²) < 4.78 is 7.61. The molecule has 1 aliphatic rings. The quantitative estimate of drug-likeness (QED) is 0.850. The summed E-state index contributed by atoms with van der Waals surface area (Å²) in [5.41, 5.74) is 1.12. The largest absolute Gasteiger partial charge is 0.484 e. The Hall–Kier alpha value is -1.52. The molecule has 0 aliphatic carbocycles. The van der Waals surface area contributed by atoms with Crippen molar-refractivity contribution in [2.24, 2.45) is 0 Å². The summed E-state index contributed by atoms with van der Waals surface area (Å²) in [5.74, 6) is 0.654. The standard InChI is InChI=1S/C16H20ClN3O/c1-19-9-5-8-14(19)11-20-16(17)15(10-18-20)21-12-13-6-3-2-4-7-13/h2-4,6-7,10,14H,5,8-9,11-12H2,1H3. The van der Waals surface area contributed by atoms with Crippen LogP contribution in [0.15, 0.2) is 36.5 Å². The van der Waals surface area contributed by atoms with Crippen LogP contribution < -0.4 is 4.74 Å². The van der Waals surface area contributed by atoms with Gasteiger partial charge in [0.05, 0.1) is 12.7 Å². The molecule has 2 heterocycles. The molecule has 1 aromatic carbocycles. The molecule has 1 atom stereocenters. The maximum absolute atomic E-state index is 6.37. The monoisotopic (exact) mass is 305 g/mol. The van der Waals surface area contributed by atoms with E-state index in [0.717, 1.165) is 18.7 Å². The SMILES string of the molecule is CN1CCCC1Cn1ncc(OCc2ccccc2)c1Cl. The maximum atomic E-state index is 6.37. The lowest BCUT2D eigenvalue weighted by Crippen LogP contribution is -2.29. The van der Waals surface area contributed by atoms with Crippen LogP contribution in [-0.2, 0) is 13.2 Å². The molecule has 1 saturated heterocycles. The molecule has 0 amide bonds. The Labute approximate surface area is 130 Å². The van der Waals surface area contributed by atoms with Gasteiger partial charge in [0.15, 0.2) is 10.9 Å². The van der Waals surface area contributed by atoms with Crippen molar-refractivity contribution in [3.05, 3.63) is 47.2 Å². The second kappa shape index (κ2) is 6.50. The Balaban J connectivity index is 1.62. The number of ether oxygens (including phenoxy) is 1. The number of hydrogen-bond acceptors (Lipinski definition) is 3. The first-order chi connectivity index (χ1) is 10.2. The molecule has 1 aliphatic heterocycles. The molecule has 3 rings (SSSR count). The van der Waals surface area contributed by atoms with Crippen LogP contribution in [0.2, 0.25) is 5.15 Å². The topological polar surface area (TPSA) is 30.3 Å². The van der Waals surface area contributed by atoms with Crippen molar-refractivity contribution in [3.63, 3.8) is 0 Å². The van der Waals surface area contributed by atoms with Crippen LogP contribution in [0.5, 0.6) is 5.75 Å². The van der Waals surface area contributed by atoms with Gasteiger partial charge in [0.25, 0.3) is 0 Å². The van der Waals surface area contributed by atoms with Crippen LogP contribution in [-0.4, -0.2) is 34.3 Å². The van der Waals surface area contributed by atoms with Crippen LogP contribution >= 0.6 is 11.6 Å². The molecule has 112 valence electrons. The minimum Gasteiger partial charge on any atom is -0.484 e. The van der Waals surface area contributed by atoms with Gasteiger partial charge < -0.3 is 9.64 Å². The number of aromatic nitrogens is 2. The van der Waals surface area contributed by atoms with Gasteiger partial charge in [-0.15, -0.1) is 0 Å². The van der Waals surface area contributed by atoms with Crippen molar-refractivity contribution < 1.29 is 4.74 Å². The number of benzene rings is 1. The summed E-state index contributed by atoms with van der Waals surface area (Å²) in [6, 6.07) is 10.6. The summed E-state index contributed by atoms with van der Waals surface area (Å²) in [7, 11) is 2.15. The number of rotatable bonds is 5. The number of nitrogens with zero attached hydrogens (tertiary/aromatic N) is 3. The van der Waals surface area contributed by atoms with Gasteiger partial charge >= 0.3 is 0 Å². The Bertz CT molecular complexity index is 584. The molecule has 1 aromatic heterocycles. The van der Waals surface area contributed by atoms with E-state index >= 15 is 0 Å². The molecule has 0 spiro atoms. The number of likely N-dealkylation sites (N-methyl/N-ethyl adjacent to an activating group) is 1. The lowest BCUT2D eigenvalue weighted by molar-refractivity contribution is 0.273. The molecule has 0 radical (unpaired) electrons. The highest BCUT2D eigenvalue weighted by Crippen LogP contribution is 2.26. The molecule has 4 nitrogen and oxygen atoms in total. The van der Waals surface area contributed by atoms with Crippen LogP contribution in [0.25, 0.3) is 0 Å². The molecule has 0 bridgehead atoms. The Morgan fingerprint density at radius 1 is 1.33 bits per heavy atom. The summed E-state index contributed by atoms with van der Waals surface area (Å²) in [6.45, 7) is 2.49. The van der Waals surface area contributed by atoms with Crippen LogP contribution in [0.3, 0.4) is 0 Å². The third-order valence-corrected chi connectivity index (χ3v) is 4.42. The van der Waals surface area contributed by atoms with Crippen molar-refractivity contribution in [2.75, 3.05) is 13.6 Å². The van der Waals surface area contributed by atoms with E-state index in [1.54, 1.807) is 6.20 Å². The maximum Gasteiger partial charge on any atom is 0.176 e. The van der Waals surface area contributed by atoms with Crippen molar-refractivity contribution in [3.8, 4) is 5.75 Å². The van der Waals surface area contributed by atoms with E-state index in [1.165, 1.54) is 12.8 Å². The van der Waals surface area contributed by atoms with E-state index < -0.39 is 0 Å². The van der Waals surface area contributed by atoms with Gasteiger partial charge in [0.2, 0.25) is 0 Å². The number of hydrogen-bond donors (Lipinski definition) is 0. The zero-order valence-corrected chi connectivity index (χ0v) is 13.0. The van der Waals surface area contributed by atoms with Gasteiger partial charge in [0, 0.05) is 6.04 Å². The lowest BCUT2D eigenvalue weighted by Gasteiger charge is -2.19. The molecule has 21 heavy (non-hydrogen) atoms. The normalized spacial score (nSPS) is 19.0. The van der Waals surface area contributed by atoms with E-state index in [4.69, 9.17) is 16.3 Å². The minimum absolute atomic E-state index is 0.510.